The number of rotatable bonds is 9. The first-order valence-corrected chi connectivity index (χ1v) is 8.67. The second-order valence-electron chi connectivity index (χ2n) is 6.39. The van der Waals surface area contributed by atoms with Crippen molar-refractivity contribution < 1.29 is 23.5 Å². The van der Waals surface area contributed by atoms with E-state index in [-0.39, 0.29) is 18.3 Å². The fourth-order valence-corrected chi connectivity index (χ4v) is 2.17. The standard InChI is InChI=1S/C20H25NO5/c1-14(2)8-10-24-11-12-26-20(23)16-7-6-15(3)17(13-16)21-19(22)18-5-4-9-25-18/h4-7,9,13-14H,8,10-12H2,1-3H3,(H,21,22). The lowest BCUT2D eigenvalue weighted by Gasteiger charge is -2.10. The first kappa shape index (κ1) is 19.7. The van der Waals surface area contributed by atoms with E-state index in [4.69, 9.17) is 13.9 Å². The van der Waals surface area contributed by atoms with Crippen molar-refractivity contribution in [3.8, 4) is 0 Å². The molecule has 0 unspecified atom stereocenters. The van der Waals surface area contributed by atoms with E-state index in [2.05, 4.69) is 19.2 Å². The Bertz CT molecular complexity index is 722. The highest BCUT2D eigenvalue weighted by Crippen LogP contribution is 2.19. The lowest BCUT2D eigenvalue weighted by molar-refractivity contribution is 0.0303. The molecule has 0 aliphatic rings. The monoisotopic (exact) mass is 359 g/mol. The highest BCUT2D eigenvalue weighted by atomic mass is 16.6. The minimum absolute atomic E-state index is 0.193. The number of anilines is 1. The maximum Gasteiger partial charge on any atom is 0.338 e. The van der Waals surface area contributed by atoms with Crippen molar-refractivity contribution in [2.75, 3.05) is 25.1 Å². The molecule has 1 heterocycles. The lowest BCUT2D eigenvalue weighted by atomic mass is 10.1. The third kappa shape index (κ3) is 6.04. The summed E-state index contributed by atoms with van der Waals surface area (Å²) < 4.78 is 15.7. The van der Waals surface area contributed by atoms with Crippen LogP contribution in [-0.4, -0.2) is 31.7 Å². The fraction of sp³-hybridized carbons (Fsp3) is 0.400. The van der Waals surface area contributed by atoms with Gasteiger partial charge >= 0.3 is 5.97 Å². The van der Waals surface area contributed by atoms with Crippen LogP contribution in [0.3, 0.4) is 0 Å². The van der Waals surface area contributed by atoms with Gasteiger partial charge in [0.15, 0.2) is 5.76 Å². The van der Waals surface area contributed by atoms with E-state index in [0.717, 1.165) is 12.0 Å². The van der Waals surface area contributed by atoms with E-state index in [9.17, 15) is 9.59 Å². The highest BCUT2D eigenvalue weighted by Gasteiger charge is 2.13. The van der Waals surface area contributed by atoms with Crippen molar-refractivity contribution in [2.45, 2.75) is 27.2 Å². The normalized spacial score (nSPS) is 10.8. The molecule has 0 aliphatic heterocycles. The Kier molecular flexibility index (Phi) is 7.41. The molecule has 6 heteroatoms. The molecule has 140 valence electrons. The number of amides is 1. The van der Waals surface area contributed by atoms with Gasteiger partial charge in [-0.1, -0.05) is 19.9 Å². The molecular formula is C20H25NO5. The molecule has 0 bridgehead atoms. The van der Waals surface area contributed by atoms with Gasteiger partial charge in [0.2, 0.25) is 0 Å². The Hall–Kier alpha value is -2.60. The topological polar surface area (TPSA) is 77.8 Å². The second-order valence-corrected chi connectivity index (χ2v) is 6.39. The van der Waals surface area contributed by atoms with Crippen molar-refractivity contribution in [2.24, 2.45) is 5.92 Å². The molecule has 1 amide bonds. The fourth-order valence-electron chi connectivity index (χ4n) is 2.17. The Balaban J connectivity index is 1.87. The molecule has 6 nitrogen and oxygen atoms in total. The van der Waals surface area contributed by atoms with Gasteiger partial charge in [-0.3, -0.25) is 4.79 Å². The predicted octanol–water partition coefficient (Wildman–Crippen LogP) is 4.06. The Morgan fingerprint density at radius 3 is 2.65 bits per heavy atom. The first-order valence-electron chi connectivity index (χ1n) is 8.67. The lowest BCUT2D eigenvalue weighted by Crippen LogP contribution is -2.14. The van der Waals surface area contributed by atoms with Crippen LogP contribution in [0.15, 0.2) is 41.0 Å². The van der Waals surface area contributed by atoms with Crippen molar-refractivity contribution >= 4 is 17.6 Å². The third-order valence-electron chi connectivity index (χ3n) is 3.77. The summed E-state index contributed by atoms with van der Waals surface area (Å²) in [6.45, 7) is 7.31. The Morgan fingerprint density at radius 2 is 1.96 bits per heavy atom. The molecule has 1 aromatic carbocycles. The van der Waals surface area contributed by atoms with Crippen LogP contribution in [0.25, 0.3) is 0 Å². The Labute approximate surface area is 153 Å². The van der Waals surface area contributed by atoms with E-state index in [1.54, 1.807) is 30.3 Å². The quantitative estimate of drug-likeness (QED) is 0.540. The molecule has 26 heavy (non-hydrogen) atoms. The van der Waals surface area contributed by atoms with Gasteiger partial charge in [0.25, 0.3) is 5.91 Å². The number of carbonyl (C=O) groups excluding carboxylic acids is 2. The van der Waals surface area contributed by atoms with Crippen molar-refractivity contribution in [1.82, 2.24) is 0 Å². The van der Waals surface area contributed by atoms with Gasteiger partial charge in [0.1, 0.15) is 6.61 Å². The number of carbonyl (C=O) groups is 2. The SMILES string of the molecule is Cc1ccc(C(=O)OCCOCCC(C)C)cc1NC(=O)c1ccco1. The summed E-state index contributed by atoms with van der Waals surface area (Å²) in [7, 11) is 0. The van der Waals surface area contributed by atoms with Crippen molar-refractivity contribution in [3.63, 3.8) is 0 Å². The number of benzene rings is 1. The minimum atomic E-state index is -0.453. The molecular weight excluding hydrogens is 334 g/mol. The molecule has 2 rings (SSSR count). The molecule has 0 aliphatic carbocycles. The zero-order chi connectivity index (χ0) is 18.9. The smallest absolute Gasteiger partial charge is 0.338 e. The van der Waals surface area contributed by atoms with Gasteiger partial charge in [0.05, 0.1) is 18.4 Å². The van der Waals surface area contributed by atoms with Crippen LogP contribution in [0.5, 0.6) is 0 Å². The van der Waals surface area contributed by atoms with Gasteiger partial charge in [0, 0.05) is 12.3 Å². The highest BCUT2D eigenvalue weighted by molar-refractivity contribution is 6.03. The summed E-state index contributed by atoms with van der Waals surface area (Å²) >= 11 is 0. The number of aryl methyl sites for hydroxylation is 1. The molecule has 0 fully saturated rings. The number of nitrogens with one attached hydrogen (secondary N) is 1. The third-order valence-corrected chi connectivity index (χ3v) is 3.77. The van der Waals surface area contributed by atoms with Gasteiger partial charge in [-0.15, -0.1) is 0 Å². The molecule has 2 aromatic rings. The largest absolute Gasteiger partial charge is 0.460 e. The van der Waals surface area contributed by atoms with Gasteiger partial charge in [-0.25, -0.2) is 4.79 Å². The van der Waals surface area contributed by atoms with Crippen molar-refractivity contribution in [3.05, 3.63) is 53.5 Å². The molecule has 1 aromatic heterocycles. The van der Waals surface area contributed by atoms with Crippen LogP contribution in [0.1, 0.15) is 46.7 Å². The molecule has 0 spiro atoms. The molecule has 1 N–H and O–H groups in total. The summed E-state index contributed by atoms with van der Waals surface area (Å²) in [5.41, 5.74) is 1.74. The number of hydrogen-bond donors (Lipinski definition) is 1. The summed E-state index contributed by atoms with van der Waals surface area (Å²) in [6.07, 6.45) is 2.41. The summed E-state index contributed by atoms with van der Waals surface area (Å²) in [5, 5.41) is 2.74. The average Bonchev–Trinajstić information content (AvgIpc) is 3.14. The second kappa shape index (κ2) is 9.77. The van der Waals surface area contributed by atoms with Gasteiger partial charge in [-0.2, -0.15) is 0 Å². The molecule has 0 radical (unpaired) electrons. The number of furan rings is 1. The van der Waals surface area contributed by atoms with Crippen LogP contribution < -0.4 is 5.32 Å². The van der Waals surface area contributed by atoms with Crippen molar-refractivity contribution in [1.29, 1.82) is 0 Å². The van der Waals surface area contributed by atoms with Crippen LogP contribution in [0.2, 0.25) is 0 Å². The van der Waals surface area contributed by atoms with Gasteiger partial charge in [-0.05, 0) is 49.1 Å². The summed E-state index contributed by atoms with van der Waals surface area (Å²) in [4.78, 5) is 24.2. The number of hydrogen-bond acceptors (Lipinski definition) is 5. The Morgan fingerprint density at radius 1 is 1.15 bits per heavy atom. The first-order chi connectivity index (χ1) is 12.5. The molecule has 0 atom stereocenters. The van der Waals surface area contributed by atoms with E-state index < -0.39 is 5.97 Å². The maximum absolute atomic E-state index is 12.2. The summed E-state index contributed by atoms with van der Waals surface area (Å²) in [5.74, 6) is -0.0380. The predicted molar refractivity (Wildman–Crippen MR) is 98.4 cm³/mol. The molecule has 0 saturated carbocycles. The van der Waals surface area contributed by atoms with Gasteiger partial charge < -0.3 is 19.2 Å². The van der Waals surface area contributed by atoms with E-state index >= 15 is 0 Å². The van der Waals surface area contributed by atoms with Crippen LogP contribution in [0, 0.1) is 12.8 Å². The van der Waals surface area contributed by atoms with E-state index in [1.807, 2.05) is 6.92 Å². The minimum Gasteiger partial charge on any atom is -0.460 e. The van der Waals surface area contributed by atoms with Crippen LogP contribution in [-0.2, 0) is 9.47 Å². The number of esters is 1. The zero-order valence-corrected chi connectivity index (χ0v) is 15.4. The number of ether oxygens (including phenoxy) is 2. The van der Waals surface area contributed by atoms with Crippen LogP contribution in [0.4, 0.5) is 5.69 Å². The maximum atomic E-state index is 12.2. The molecule has 0 saturated heterocycles. The van der Waals surface area contributed by atoms with E-state index in [0.29, 0.717) is 30.4 Å². The average molecular weight is 359 g/mol. The zero-order valence-electron chi connectivity index (χ0n) is 15.4. The summed E-state index contributed by atoms with van der Waals surface area (Å²) in [6, 6.07) is 8.23. The van der Waals surface area contributed by atoms with Crippen LogP contribution >= 0.6 is 0 Å². The van der Waals surface area contributed by atoms with E-state index in [1.165, 1.54) is 6.26 Å².